The van der Waals surface area contributed by atoms with Gasteiger partial charge in [-0.3, -0.25) is 0 Å². The zero-order valence-corrected chi connectivity index (χ0v) is 9.92. The van der Waals surface area contributed by atoms with E-state index in [1.807, 2.05) is 24.4 Å². The largest absolute Gasteiger partial charge is 0.384 e. The minimum Gasteiger partial charge on any atom is -0.384 e. The lowest BCUT2D eigenvalue weighted by atomic mass is 10.3. The molecule has 2 N–H and O–H groups in total. The van der Waals surface area contributed by atoms with Crippen LogP contribution in [0.2, 0.25) is 0 Å². The van der Waals surface area contributed by atoms with E-state index in [0.717, 1.165) is 16.4 Å². The third kappa shape index (κ3) is 2.30. The van der Waals surface area contributed by atoms with Gasteiger partial charge in [-0.15, -0.1) is 11.3 Å². The molecule has 0 saturated carbocycles. The lowest BCUT2D eigenvalue weighted by molar-refractivity contribution is 1.04. The molecule has 0 aliphatic rings. The van der Waals surface area contributed by atoms with Crippen LogP contribution in [0.1, 0.15) is 17.9 Å². The van der Waals surface area contributed by atoms with Crippen LogP contribution in [0.25, 0.3) is 10.7 Å². The minimum atomic E-state index is 0.149. The zero-order valence-electron chi connectivity index (χ0n) is 8.21. The average molecular weight is 237 g/mol. The molecule has 1 atom stereocenters. The third-order valence-electron chi connectivity index (χ3n) is 1.94. The number of hydrogen-bond donors (Lipinski definition) is 2. The molecule has 0 saturated heterocycles. The summed E-state index contributed by atoms with van der Waals surface area (Å²) < 4.78 is 0. The second-order valence-corrected chi connectivity index (χ2v) is 4.83. The first-order chi connectivity index (χ1) is 7.16. The number of thiazole rings is 1. The number of pyridine rings is 1. The van der Waals surface area contributed by atoms with Crippen LogP contribution < -0.4 is 5.73 Å². The summed E-state index contributed by atoms with van der Waals surface area (Å²) in [7, 11) is 0. The number of aromatic nitrogens is 2. The first kappa shape index (κ1) is 10.4. The molecule has 0 amide bonds. The summed E-state index contributed by atoms with van der Waals surface area (Å²) >= 11 is 5.89. The van der Waals surface area contributed by atoms with Crippen LogP contribution in [-0.2, 0) is 0 Å². The molecular weight excluding hydrogens is 226 g/mol. The fraction of sp³-hybridized carbons (Fsp3) is 0.200. The molecule has 0 aliphatic heterocycles. The standard InChI is InChI=1S/C10H11N3S2/c1-6(14)8-5-15-10(13-8)7-3-2-4-9(11)12-7/h2-6,14H,1H3,(H2,11,12). The highest BCUT2D eigenvalue weighted by Gasteiger charge is 2.08. The smallest absolute Gasteiger partial charge is 0.142 e. The van der Waals surface area contributed by atoms with Gasteiger partial charge in [0, 0.05) is 10.6 Å². The van der Waals surface area contributed by atoms with E-state index in [2.05, 4.69) is 22.6 Å². The van der Waals surface area contributed by atoms with Crippen molar-refractivity contribution >= 4 is 29.8 Å². The van der Waals surface area contributed by atoms with E-state index in [-0.39, 0.29) is 5.25 Å². The van der Waals surface area contributed by atoms with E-state index in [0.29, 0.717) is 5.82 Å². The molecule has 0 aliphatic carbocycles. The highest BCUT2D eigenvalue weighted by molar-refractivity contribution is 7.80. The molecule has 0 fully saturated rings. The number of nitrogens with zero attached hydrogens (tertiary/aromatic N) is 2. The Labute approximate surface area is 97.8 Å². The Morgan fingerprint density at radius 3 is 2.80 bits per heavy atom. The maximum absolute atomic E-state index is 5.61. The van der Waals surface area contributed by atoms with Gasteiger partial charge in [0.2, 0.25) is 0 Å². The summed E-state index contributed by atoms with van der Waals surface area (Å²) in [6, 6.07) is 5.55. The molecule has 78 valence electrons. The Balaban J connectivity index is 2.37. The van der Waals surface area contributed by atoms with Crippen molar-refractivity contribution < 1.29 is 0 Å². The average Bonchev–Trinajstić information content (AvgIpc) is 2.66. The fourth-order valence-corrected chi connectivity index (χ4v) is 2.28. The van der Waals surface area contributed by atoms with Gasteiger partial charge in [0.25, 0.3) is 0 Å². The molecular formula is C10H11N3S2. The number of nitrogen functional groups attached to an aromatic ring is 1. The summed E-state index contributed by atoms with van der Waals surface area (Å²) in [6.45, 7) is 1.99. The maximum Gasteiger partial charge on any atom is 0.142 e. The van der Waals surface area contributed by atoms with Gasteiger partial charge in [0.05, 0.1) is 5.69 Å². The normalized spacial score (nSPS) is 12.7. The molecule has 2 rings (SSSR count). The molecule has 0 radical (unpaired) electrons. The van der Waals surface area contributed by atoms with E-state index in [9.17, 15) is 0 Å². The Kier molecular flexibility index (Phi) is 2.93. The zero-order chi connectivity index (χ0) is 10.8. The fourth-order valence-electron chi connectivity index (χ4n) is 1.17. The van der Waals surface area contributed by atoms with Gasteiger partial charge in [-0.1, -0.05) is 6.07 Å². The Morgan fingerprint density at radius 1 is 1.40 bits per heavy atom. The van der Waals surface area contributed by atoms with Crippen molar-refractivity contribution in [1.29, 1.82) is 0 Å². The monoisotopic (exact) mass is 237 g/mol. The molecule has 3 nitrogen and oxygen atoms in total. The minimum absolute atomic E-state index is 0.149. The summed E-state index contributed by atoms with van der Waals surface area (Å²) in [5.41, 5.74) is 7.41. The van der Waals surface area contributed by atoms with Crippen molar-refractivity contribution in [1.82, 2.24) is 9.97 Å². The molecule has 1 unspecified atom stereocenters. The topological polar surface area (TPSA) is 51.8 Å². The summed E-state index contributed by atoms with van der Waals surface area (Å²) in [5.74, 6) is 0.517. The molecule has 2 heterocycles. The molecule has 2 aromatic heterocycles. The number of nitrogens with two attached hydrogens (primary N) is 1. The number of rotatable bonds is 2. The van der Waals surface area contributed by atoms with Gasteiger partial charge in [0.1, 0.15) is 16.5 Å². The summed E-state index contributed by atoms with van der Waals surface area (Å²) in [4.78, 5) is 8.66. The van der Waals surface area contributed by atoms with Crippen molar-refractivity contribution in [3.63, 3.8) is 0 Å². The number of thiol groups is 1. The van der Waals surface area contributed by atoms with Gasteiger partial charge in [-0.25, -0.2) is 9.97 Å². The molecule has 2 aromatic rings. The van der Waals surface area contributed by atoms with Crippen LogP contribution in [0.5, 0.6) is 0 Å². The van der Waals surface area contributed by atoms with Gasteiger partial charge in [-0.2, -0.15) is 12.6 Å². The van der Waals surface area contributed by atoms with Crippen LogP contribution in [0.15, 0.2) is 23.6 Å². The van der Waals surface area contributed by atoms with Crippen LogP contribution >= 0.6 is 24.0 Å². The van der Waals surface area contributed by atoms with Crippen LogP contribution in [0.3, 0.4) is 0 Å². The van der Waals surface area contributed by atoms with E-state index in [4.69, 9.17) is 5.73 Å². The quantitative estimate of drug-likeness (QED) is 0.790. The van der Waals surface area contributed by atoms with Crippen molar-refractivity contribution in [2.75, 3.05) is 5.73 Å². The Morgan fingerprint density at radius 2 is 2.20 bits per heavy atom. The van der Waals surface area contributed by atoms with Crippen molar-refractivity contribution in [3.8, 4) is 10.7 Å². The predicted octanol–water partition coefficient (Wildman–Crippen LogP) is 2.78. The van der Waals surface area contributed by atoms with Gasteiger partial charge in [0.15, 0.2) is 0 Å². The maximum atomic E-state index is 5.61. The lowest BCUT2D eigenvalue weighted by Gasteiger charge is -1.98. The lowest BCUT2D eigenvalue weighted by Crippen LogP contribution is -1.91. The second kappa shape index (κ2) is 4.20. The van der Waals surface area contributed by atoms with Crippen LogP contribution in [-0.4, -0.2) is 9.97 Å². The van der Waals surface area contributed by atoms with Crippen molar-refractivity contribution in [2.45, 2.75) is 12.2 Å². The summed E-state index contributed by atoms with van der Waals surface area (Å²) in [6.07, 6.45) is 0. The van der Waals surface area contributed by atoms with Gasteiger partial charge in [-0.05, 0) is 19.1 Å². The Bertz CT molecular complexity index is 465. The molecule has 0 spiro atoms. The van der Waals surface area contributed by atoms with Crippen LogP contribution in [0.4, 0.5) is 5.82 Å². The van der Waals surface area contributed by atoms with Gasteiger partial charge < -0.3 is 5.73 Å². The van der Waals surface area contributed by atoms with E-state index in [1.54, 1.807) is 17.4 Å². The molecule has 15 heavy (non-hydrogen) atoms. The van der Waals surface area contributed by atoms with Crippen molar-refractivity contribution in [3.05, 3.63) is 29.3 Å². The van der Waals surface area contributed by atoms with Gasteiger partial charge >= 0.3 is 0 Å². The Hall–Kier alpha value is -1.07. The second-order valence-electron chi connectivity index (χ2n) is 3.20. The summed E-state index contributed by atoms with van der Waals surface area (Å²) in [5, 5.41) is 3.03. The molecule has 5 heteroatoms. The van der Waals surface area contributed by atoms with E-state index >= 15 is 0 Å². The molecule has 0 bridgehead atoms. The van der Waals surface area contributed by atoms with E-state index in [1.165, 1.54) is 0 Å². The van der Waals surface area contributed by atoms with Crippen molar-refractivity contribution in [2.24, 2.45) is 0 Å². The number of anilines is 1. The van der Waals surface area contributed by atoms with Crippen LogP contribution in [0, 0.1) is 0 Å². The first-order valence-corrected chi connectivity index (χ1v) is 5.93. The van der Waals surface area contributed by atoms with E-state index < -0.39 is 0 Å². The number of hydrogen-bond acceptors (Lipinski definition) is 5. The first-order valence-electron chi connectivity index (χ1n) is 4.53. The SMILES string of the molecule is CC(S)c1csc(-c2cccc(N)n2)n1. The highest BCUT2D eigenvalue weighted by atomic mass is 32.1. The molecule has 0 aromatic carbocycles. The third-order valence-corrected chi connectivity index (χ3v) is 3.09. The predicted molar refractivity (Wildman–Crippen MR) is 67.2 cm³/mol. The highest BCUT2D eigenvalue weighted by Crippen LogP contribution is 2.27.